The summed E-state index contributed by atoms with van der Waals surface area (Å²) in [6.45, 7) is 1.51. The number of hydrogen-bond donors (Lipinski definition) is 1. The second kappa shape index (κ2) is 8.06. The van der Waals surface area contributed by atoms with Crippen molar-refractivity contribution in [1.82, 2.24) is 0 Å². The highest BCUT2D eigenvalue weighted by molar-refractivity contribution is 6.17. The molecule has 0 radical (unpaired) electrons. The van der Waals surface area contributed by atoms with Crippen molar-refractivity contribution in [2.75, 3.05) is 5.32 Å². The first-order valence-electron chi connectivity index (χ1n) is 9.50. The number of hydrogen-bond acceptors (Lipinski definition) is 4. The second-order valence-electron chi connectivity index (χ2n) is 6.89. The summed E-state index contributed by atoms with van der Waals surface area (Å²) in [5.74, 6) is -1.07. The third-order valence-corrected chi connectivity index (χ3v) is 4.93. The molecule has 5 heteroatoms. The monoisotopic (exact) mass is 394 g/mol. The maximum absolute atomic E-state index is 13.1. The van der Waals surface area contributed by atoms with E-state index < -0.39 is 18.0 Å². The Kier molecular flexibility index (Phi) is 5.15. The lowest BCUT2D eigenvalue weighted by Crippen LogP contribution is -2.30. The molecule has 0 aromatic heterocycles. The molecule has 0 unspecified atom stereocenters. The van der Waals surface area contributed by atoms with Gasteiger partial charge in [0.1, 0.15) is 6.07 Å². The molecule has 4 aromatic carbocycles. The van der Waals surface area contributed by atoms with Crippen LogP contribution < -0.4 is 5.32 Å². The lowest BCUT2D eigenvalue weighted by molar-refractivity contribution is -0.123. The molecule has 0 saturated carbocycles. The summed E-state index contributed by atoms with van der Waals surface area (Å²) in [5, 5.41) is 15.2. The molecule has 0 saturated heterocycles. The van der Waals surface area contributed by atoms with Crippen LogP contribution in [-0.4, -0.2) is 18.0 Å². The Morgan fingerprint density at radius 1 is 0.900 bits per heavy atom. The van der Waals surface area contributed by atoms with Gasteiger partial charge in [-0.25, -0.2) is 4.79 Å². The smallest absolute Gasteiger partial charge is 0.340 e. The fourth-order valence-corrected chi connectivity index (χ4v) is 3.43. The van der Waals surface area contributed by atoms with Crippen LogP contribution in [0.1, 0.15) is 22.8 Å². The van der Waals surface area contributed by atoms with E-state index in [1.165, 1.54) is 6.92 Å². The number of carbonyl (C=O) groups excluding carboxylic acids is 2. The van der Waals surface area contributed by atoms with Gasteiger partial charge >= 0.3 is 5.97 Å². The number of nitriles is 1. The van der Waals surface area contributed by atoms with Crippen molar-refractivity contribution >= 4 is 39.1 Å². The van der Waals surface area contributed by atoms with Crippen LogP contribution >= 0.6 is 0 Å². The van der Waals surface area contributed by atoms with Gasteiger partial charge in [0.2, 0.25) is 0 Å². The molecule has 1 atom stereocenters. The molecule has 4 aromatic rings. The second-order valence-corrected chi connectivity index (χ2v) is 6.89. The van der Waals surface area contributed by atoms with Crippen LogP contribution in [0.4, 0.5) is 5.69 Å². The first kappa shape index (κ1) is 19.2. The van der Waals surface area contributed by atoms with Crippen molar-refractivity contribution in [2.24, 2.45) is 0 Å². The molecule has 0 aliphatic heterocycles. The predicted octanol–water partition coefficient (Wildman–Crippen LogP) is 5.05. The highest BCUT2D eigenvalue weighted by atomic mass is 16.5. The average molecular weight is 394 g/mol. The average Bonchev–Trinajstić information content (AvgIpc) is 2.77. The van der Waals surface area contributed by atoms with Crippen molar-refractivity contribution in [3.8, 4) is 6.07 Å². The number of rotatable bonds is 4. The molecule has 4 rings (SSSR count). The number of carbonyl (C=O) groups is 2. The Hall–Kier alpha value is -4.17. The summed E-state index contributed by atoms with van der Waals surface area (Å²) in [4.78, 5) is 25.7. The van der Waals surface area contributed by atoms with Crippen molar-refractivity contribution in [3.05, 3.63) is 90.0 Å². The largest absolute Gasteiger partial charge is 0.449 e. The van der Waals surface area contributed by atoms with Gasteiger partial charge in [-0.15, -0.1) is 0 Å². The molecule has 1 N–H and O–H groups in total. The van der Waals surface area contributed by atoms with Crippen LogP contribution in [0.15, 0.2) is 78.9 Å². The topological polar surface area (TPSA) is 79.2 Å². The number of amides is 1. The number of nitrogens with one attached hydrogen (secondary N) is 1. The number of esters is 1. The van der Waals surface area contributed by atoms with E-state index in [-0.39, 0.29) is 0 Å². The molecular weight excluding hydrogens is 376 g/mol. The lowest BCUT2D eigenvalue weighted by atomic mass is 9.97. The Morgan fingerprint density at radius 3 is 2.10 bits per heavy atom. The Bertz CT molecular complexity index is 1270. The summed E-state index contributed by atoms with van der Waals surface area (Å²) in [6, 6.07) is 25.9. The zero-order chi connectivity index (χ0) is 21.1. The Labute approximate surface area is 173 Å². The SMILES string of the molecule is C[C@@H](OC(=O)c1c2ccccc2cc2ccccc12)C(=O)Nc1ccccc1C#N. The van der Waals surface area contributed by atoms with Crippen molar-refractivity contribution in [2.45, 2.75) is 13.0 Å². The fraction of sp³-hybridized carbons (Fsp3) is 0.0800. The molecule has 0 fully saturated rings. The van der Waals surface area contributed by atoms with Gasteiger partial charge in [-0.2, -0.15) is 5.26 Å². The number of nitrogens with zero attached hydrogens (tertiary/aromatic N) is 1. The Morgan fingerprint density at radius 2 is 1.47 bits per heavy atom. The summed E-state index contributed by atoms with van der Waals surface area (Å²) < 4.78 is 5.53. The number of anilines is 1. The molecule has 146 valence electrons. The molecule has 1 amide bonds. The van der Waals surface area contributed by atoms with Gasteiger partial charge in [0, 0.05) is 0 Å². The van der Waals surface area contributed by atoms with Crippen LogP contribution in [0.5, 0.6) is 0 Å². The number of ether oxygens (including phenoxy) is 1. The quantitative estimate of drug-likeness (QED) is 0.388. The minimum absolute atomic E-state index is 0.337. The molecular formula is C25H18N2O3. The van der Waals surface area contributed by atoms with E-state index in [1.807, 2.05) is 60.7 Å². The summed E-state index contributed by atoms with van der Waals surface area (Å²) in [5.41, 5.74) is 1.15. The Balaban J connectivity index is 1.64. The normalized spacial score (nSPS) is 11.6. The zero-order valence-corrected chi connectivity index (χ0v) is 16.3. The van der Waals surface area contributed by atoms with Gasteiger partial charge in [-0.05, 0) is 46.7 Å². The standard InChI is InChI=1S/C25H18N2O3/c1-16(24(28)27-22-13-7-4-10-19(22)15-26)30-25(29)23-20-11-5-2-8-17(20)14-18-9-3-6-12-21(18)23/h2-14,16H,1H3,(H,27,28)/t16-/m1/s1. The maximum atomic E-state index is 13.1. The van der Waals surface area contributed by atoms with Crippen molar-refractivity contribution in [3.63, 3.8) is 0 Å². The van der Waals surface area contributed by atoms with Crippen LogP contribution in [0.25, 0.3) is 21.5 Å². The molecule has 5 nitrogen and oxygen atoms in total. The molecule has 0 aliphatic rings. The first-order chi connectivity index (χ1) is 14.6. The zero-order valence-electron chi connectivity index (χ0n) is 16.3. The third kappa shape index (κ3) is 3.59. The summed E-state index contributed by atoms with van der Waals surface area (Å²) >= 11 is 0. The van der Waals surface area contributed by atoms with E-state index in [4.69, 9.17) is 4.74 Å². The van der Waals surface area contributed by atoms with Gasteiger partial charge in [-0.1, -0.05) is 60.7 Å². The fourth-order valence-electron chi connectivity index (χ4n) is 3.43. The third-order valence-electron chi connectivity index (χ3n) is 4.93. The summed E-state index contributed by atoms with van der Waals surface area (Å²) in [6.07, 6.45) is -1.04. The van der Waals surface area contributed by atoms with Gasteiger partial charge in [0.25, 0.3) is 5.91 Å². The lowest BCUT2D eigenvalue weighted by Gasteiger charge is -2.16. The van der Waals surface area contributed by atoms with Gasteiger partial charge in [-0.3, -0.25) is 4.79 Å². The summed E-state index contributed by atoms with van der Waals surface area (Å²) in [7, 11) is 0. The van der Waals surface area contributed by atoms with E-state index in [0.29, 0.717) is 16.8 Å². The van der Waals surface area contributed by atoms with E-state index >= 15 is 0 Å². The minimum Gasteiger partial charge on any atom is -0.449 e. The number of fused-ring (bicyclic) bond motifs is 2. The van der Waals surface area contributed by atoms with Gasteiger partial charge < -0.3 is 10.1 Å². The van der Waals surface area contributed by atoms with E-state index in [9.17, 15) is 14.9 Å². The number of para-hydroxylation sites is 1. The first-order valence-corrected chi connectivity index (χ1v) is 9.50. The van der Waals surface area contributed by atoms with E-state index in [1.54, 1.807) is 24.3 Å². The van der Waals surface area contributed by atoms with Crippen LogP contribution in [0, 0.1) is 11.3 Å². The van der Waals surface area contributed by atoms with Crippen LogP contribution in [0.3, 0.4) is 0 Å². The highest BCUT2D eigenvalue weighted by Crippen LogP contribution is 2.29. The maximum Gasteiger partial charge on any atom is 0.340 e. The molecule has 0 heterocycles. The number of benzene rings is 4. The van der Waals surface area contributed by atoms with E-state index in [0.717, 1.165) is 21.5 Å². The van der Waals surface area contributed by atoms with Crippen LogP contribution in [-0.2, 0) is 9.53 Å². The molecule has 0 spiro atoms. The van der Waals surface area contributed by atoms with Crippen molar-refractivity contribution in [1.29, 1.82) is 5.26 Å². The van der Waals surface area contributed by atoms with Crippen LogP contribution in [0.2, 0.25) is 0 Å². The van der Waals surface area contributed by atoms with E-state index in [2.05, 4.69) is 5.32 Å². The van der Waals surface area contributed by atoms with Gasteiger partial charge in [0.05, 0.1) is 16.8 Å². The van der Waals surface area contributed by atoms with Crippen molar-refractivity contribution < 1.29 is 14.3 Å². The molecule has 0 aliphatic carbocycles. The molecule has 30 heavy (non-hydrogen) atoms. The predicted molar refractivity (Wildman–Crippen MR) is 116 cm³/mol. The van der Waals surface area contributed by atoms with Gasteiger partial charge in [0.15, 0.2) is 6.10 Å². The highest BCUT2D eigenvalue weighted by Gasteiger charge is 2.23. The molecule has 0 bridgehead atoms. The minimum atomic E-state index is -1.04.